The van der Waals surface area contributed by atoms with E-state index in [9.17, 15) is 4.39 Å². The van der Waals surface area contributed by atoms with Crippen molar-refractivity contribution in [3.8, 4) is 11.1 Å². The van der Waals surface area contributed by atoms with Gasteiger partial charge in [-0.15, -0.1) is 0 Å². The van der Waals surface area contributed by atoms with Crippen LogP contribution in [0.3, 0.4) is 0 Å². The van der Waals surface area contributed by atoms with E-state index in [1.165, 1.54) is 0 Å². The predicted molar refractivity (Wildman–Crippen MR) is 75.4 cm³/mol. The number of rotatable bonds is 5. The number of hydrogen-bond acceptors (Lipinski definition) is 2. The molecule has 2 aromatic rings. The molecule has 3 nitrogen and oxygen atoms in total. The van der Waals surface area contributed by atoms with Crippen LogP contribution in [0, 0.1) is 12.7 Å². The smallest absolute Gasteiger partial charge is 0.128 e. The number of nitrogens with one attached hydrogen (secondary N) is 1. The first-order chi connectivity index (χ1) is 9.15. The molecule has 0 unspecified atom stereocenters. The van der Waals surface area contributed by atoms with Crippen LogP contribution in [-0.2, 0) is 13.1 Å². The van der Waals surface area contributed by atoms with Crippen molar-refractivity contribution < 1.29 is 4.39 Å². The van der Waals surface area contributed by atoms with E-state index in [2.05, 4.69) is 10.4 Å². The summed E-state index contributed by atoms with van der Waals surface area (Å²) in [4.78, 5) is 0. The van der Waals surface area contributed by atoms with E-state index < -0.39 is 0 Å². The van der Waals surface area contributed by atoms with Crippen LogP contribution in [0.2, 0.25) is 0 Å². The second kappa shape index (κ2) is 5.97. The number of halogens is 1. The van der Waals surface area contributed by atoms with E-state index in [-0.39, 0.29) is 5.82 Å². The highest BCUT2D eigenvalue weighted by atomic mass is 19.1. The van der Waals surface area contributed by atoms with Crippen molar-refractivity contribution >= 4 is 0 Å². The van der Waals surface area contributed by atoms with E-state index in [1.807, 2.05) is 43.8 Å². The molecule has 0 saturated carbocycles. The Bertz CT molecular complexity index is 561. The molecule has 4 heteroatoms. The maximum Gasteiger partial charge on any atom is 0.128 e. The first kappa shape index (κ1) is 13.7. The van der Waals surface area contributed by atoms with E-state index in [0.29, 0.717) is 12.1 Å². The highest BCUT2D eigenvalue weighted by molar-refractivity contribution is 5.65. The molecule has 1 heterocycles. The lowest BCUT2D eigenvalue weighted by Crippen LogP contribution is -2.12. The molecule has 1 aromatic carbocycles. The normalized spacial score (nSPS) is 10.9. The highest BCUT2D eigenvalue weighted by Gasteiger charge is 2.09. The number of aryl methyl sites for hydroxylation is 2. The van der Waals surface area contributed by atoms with Crippen molar-refractivity contribution in [3.05, 3.63) is 41.5 Å². The van der Waals surface area contributed by atoms with Crippen molar-refractivity contribution in [2.24, 2.45) is 0 Å². The largest absolute Gasteiger partial charge is 0.313 e. The summed E-state index contributed by atoms with van der Waals surface area (Å²) < 4.78 is 15.9. The summed E-state index contributed by atoms with van der Waals surface area (Å²) in [5.74, 6) is -0.165. The summed E-state index contributed by atoms with van der Waals surface area (Å²) in [6.45, 7) is 8.22. The van der Waals surface area contributed by atoms with E-state index in [0.717, 1.165) is 29.9 Å². The van der Waals surface area contributed by atoms with Crippen molar-refractivity contribution in [2.45, 2.75) is 33.9 Å². The molecular formula is C15H20FN3. The minimum Gasteiger partial charge on any atom is -0.313 e. The quantitative estimate of drug-likeness (QED) is 0.896. The van der Waals surface area contributed by atoms with Crippen LogP contribution in [0.15, 0.2) is 24.4 Å². The molecule has 2 rings (SSSR count). The summed E-state index contributed by atoms with van der Waals surface area (Å²) in [7, 11) is 0. The van der Waals surface area contributed by atoms with E-state index in [1.54, 1.807) is 6.07 Å². The van der Waals surface area contributed by atoms with Crippen LogP contribution >= 0.6 is 0 Å². The van der Waals surface area contributed by atoms with Gasteiger partial charge in [0.25, 0.3) is 0 Å². The lowest BCUT2D eigenvalue weighted by Gasteiger charge is -2.06. The van der Waals surface area contributed by atoms with Crippen LogP contribution in [0.4, 0.5) is 4.39 Å². The molecule has 0 aliphatic carbocycles. The van der Waals surface area contributed by atoms with Crippen LogP contribution < -0.4 is 5.32 Å². The zero-order valence-corrected chi connectivity index (χ0v) is 11.7. The van der Waals surface area contributed by atoms with Crippen LogP contribution in [0.5, 0.6) is 0 Å². The second-order valence-corrected chi connectivity index (χ2v) is 4.57. The topological polar surface area (TPSA) is 29.9 Å². The summed E-state index contributed by atoms with van der Waals surface area (Å²) in [5.41, 5.74) is 3.51. The Labute approximate surface area is 113 Å². The standard InChI is InChI=1S/C15H20FN3/c1-4-17-9-13-7-6-12(8-15(13)16)14-10-19(5-2)18-11(14)3/h6-8,10,17H,4-5,9H2,1-3H3. The monoisotopic (exact) mass is 261 g/mol. The zero-order valence-electron chi connectivity index (χ0n) is 11.7. The van der Waals surface area contributed by atoms with Crippen molar-refractivity contribution in [1.29, 1.82) is 0 Å². The van der Waals surface area contributed by atoms with Gasteiger partial charge in [0.05, 0.1) is 5.69 Å². The van der Waals surface area contributed by atoms with Crippen molar-refractivity contribution in [2.75, 3.05) is 6.54 Å². The molecule has 0 atom stereocenters. The SMILES string of the molecule is CCNCc1ccc(-c2cn(CC)nc2C)cc1F. The fourth-order valence-electron chi connectivity index (χ4n) is 2.08. The third-order valence-corrected chi connectivity index (χ3v) is 3.20. The molecule has 0 aliphatic heterocycles. The molecule has 19 heavy (non-hydrogen) atoms. The Morgan fingerprint density at radius 1 is 1.32 bits per heavy atom. The van der Waals surface area contributed by atoms with Gasteiger partial charge in [-0.3, -0.25) is 4.68 Å². The summed E-state index contributed by atoms with van der Waals surface area (Å²) >= 11 is 0. The molecule has 0 bridgehead atoms. The third kappa shape index (κ3) is 3.01. The van der Waals surface area contributed by atoms with Gasteiger partial charge in [-0.2, -0.15) is 5.10 Å². The first-order valence-electron chi connectivity index (χ1n) is 6.69. The van der Waals surface area contributed by atoms with Gasteiger partial charge >= 0.3 is 0 Å². The zero-order chi connectivity index (χ0) is 13.8. The minimum atomic E-state index is -0.165. The maximum atomic E-state index is 14.0. The van der Waals surface area contributed by atoms with Gasteiger partial charge in [0.2, 0.25) is 0 Å². The van der Waals surface area contributed by atoms with Crippen molar-refractivity contribution in [3.63, 3.8) is 0 Å². The molecule has 0 saturated heterocycles. The maximum absolute atomic E-state index is 14.0. The lowest BCUT2D eigenvalue weighted by molar-refractivity contribution is 0.594. The lowest BCUT2D eigenvalue weighted by atomic mass is 10.0. The van der Waals surface area contributed by atoms with Gasteiger partial charge in [-0.05, 0) is 32.0 Å². The second-order valence-electron chi connectivity index (χ2n) is 4.57. The van der Waals surface area contributed by atoms with E-state index in [4.69, 9.17) is 0 Å². The molecule has 0 radical (unpaired) electrons. The Kier molecular flexibility index (Phi) is 4.32. The summed E-state index contributed by atoms with van der Waals surface area (Å²) in [6.07, 6.45) is 1.97. The fourth-order valence-corrected chi connectivity index (χ4v) is 2.08. The number of benzene rings is 1. The van der Waals surface area contributed by atoms with Gasteiger partial charge in [-0.1, -0.05) is 19.1 Å². The first-order valence-corrected chi connectivity index (χ1v) is 6.69. The van der Waals surface area contributed by atoms with Crippen LogP contribution in [0.25, 0.3) is 11.1 Å². The van der Waals surface area contributed by atoms with Gasteiger partial charge in [-0.25, -0.2) is 4.39 Å². The van der Waals surface area contributed by atoms with Gasteiger partial charge in [0.15, 0.2) is 0 Å². The molecule has 102 valence electrons. The Morgan fingerprint density at radius 2 is 2.11 bits per heavy atom. The molecule has 0 aliphatic rings. The summed E-state index contributed by atoms with van der Waals surface area (Å²) in [5, 5.41) is 7.52. The average molecular weight is 261 g/mol. The number of nitrogens with zero attached hydrogens (tertiary/aromatic N) is 2. The van der Waals surface area contributed by atoms with Crippen LogP contribution in [-0.4, -0.2) is 16.3 Å². The molecule has 0 spiro atoms. The van der Waals surface area contributed by atoms with Crippen LogP contribution in [0.1, 0.15) is 25.1 Å². The third-order valence-electron chi connectivity index (χ3n) is 3.20. The molecule has 0 fully saturated rings. The van der Waals surface area contributed by atoms with Gasteiger partial charge < -0.3 is 5.32 Å². The number of aromatic nitrogens is 2. The van der Waals surface area contributed by atoms with Crippen molar-refractivity contribution in [1.82, 2.24) is 15.1 Å². The van der Waals surface area contributed by atoms with Gasteiger partial charge in [0.1, 0.15) is 5.82 Å². The Hall–Kier alpha value is -1.68. The fraction of sp³-hybridized carbons (Fsp3) is 0.400. The minimum absolute atomic E-state index is 0.165. The molecule has 0 amide bonds. The number of hydrogen-bond donors (Lipinski definition) is 1. The van der Waals surface area contributed by atoms with E-state index >= 15 is 0 Å². The highest BCUT2D eigenvalue weighted by Crippen LogP contribution is 2.24. The predicted octanol–water partition coefficient (Wildman–Crippen LogP) is 3.13. The van der Waals surface area contributed by atoms with Gasteiger partial charge in [0, 0.05) is 30.4 Å². The Balaban J connectivity index is 2.30. The Morgan fingerprint density at radius 3 is 2.68 bits per heavy atom. The average Bonchev–Trinajstić information content (AvgIpc) is 2.78. The summed E-state index contributed by atoms with van der Waals surface area (Å²) in [6, 6.07) is 5.40. The molecular weight excluding hydrogens is 241 g/mol. The molecule has 1 N–H and O–H groups in total. The molecule has 1 aromatic heterocycles.